The van der Waals surface area contributed by atoms with E-state index in [4.69, 9.17) is 0 Å². The molecule has 1 unspecified atom stereocenters. The smallest absolute Gasteiger partial charge is 0.0802 e. The molecule has 3 nitrogen and oxygen atoms in total. The monoisotopic (exact) mass is 284 g/mol. The number of nitrogens with zero attached hydrogens (tertiary/aromatic N) is 2. The Labute approximate surface area is 127 Å². The highest BCUT2D eigenvalue weighted by atomic mass is 16.3. The van der Waals surface area contributed by atoms with E-state index < -0.39 is 6.10 Å². The first-order valence-electron chi connectivity index (χ1n) is 7.55. The molecule has 0 spiro atoms. The van der Waals surface area contributed by atoms with Gasteiger partial charge in [0.25, 0.3) is 0 Å². The molecule has 0 saturated heterocycles. The predicted molar refractivity (Wildman–Crippen MR) is 85.9 cm³/mol. The standard InChI is InChI=1S/C18H24N2O/c1-3-20(14-16-8-11-19-12-9-16)13-10-18(21)17-6-4-15(2)5-7-17/h4-9,11-12,18,21H,3,10,13-14H2,1-2H3. The van der Waals surface area contributed by atoms with Crippen molar-refractivity contribution >= 4 is 0 Å². The summed E-state index contributed by atoms with van der Waals surface area (Å²) in [6.07, 6.45) is 4.01. The average Bonchev–Trinajstić information content (AvgIpc) is 2.52. The predicted octanol–water partition coefficient (Wildman–Crippen LogP) is 3.34. The van der Waals surface area contributed by atoms with E-state index in [1.165, 1.54) is 11.1 Å². The molecular weight excluding hydrogens is 260 g/mol. The number of aromatic nitrogens is 1. The molecule has 0 aliphatic carbocycles. The second-order valence-electron chi connectivity index (χ2n) is 5.44. The summed E-state index contributed by atoms with van der Waals surface area (Å²) in [4.78, 5) is 6.38. The van der Waals surface area contributed by atoms with Crippen LogP contribution in [0.25, 0.3) is 0 Å². The Morgan fingerprint density at radius 2 is 1.76 bits per heavy atom. The molecule has 0 bridgehead atoms. The summed E-state index contributed by atoms with van der Waals surface area (Å²) >= 11 is 0. The van der Waals surface area contributed by atoms with E-state index in [1.807, 2.05) is 48.8 Å². The number of benzene rings is 1. The fourth-order valence-electron chi connectivity index (χ4n) is 2.36. The highest BCUT2D eigenvalue weighted by Gasteiger charge is 2.10. The van der Waals surface area contributed by atoms with Gasteiger partial charge in [0.15, 0.2) is 0 Å². The van der Waals surface area contributed by atoms with Crippen molar-refractivity contribution in [1.29, 1.82) is 0 Å². The fraction of sp³-hybridized carbons (Fsp3) is 0.389. The van der Waals surface area contributed by atoms with Crippen LogP contribution in [0.1, 0.15) is 36.1 Å². The molecule has 1 atom stereocenters. The summed E-state index contributed by atoms with van der Waals surface area (Å²) in [5, 5.41) is 10.3. The first kappa shape index (κ1) is 15.7. The minimum atomic E-state index is -0.392. The number of aliphatic hydroxyl groups excluding tert-OH is 1. The minimum Gasteiger partial charge on any atom is -0.388 e. The van der Waals surface area contributed by atoms with Gasteiger partial charge in [-0.3, -0.25) is 9.88 Å². The molecule has 1 heterocycles. The van der Waals surface area contributed by atoms with Crippen molar-refractivity contribution in [2.75, 3.05) is 13.1 Å². The molecule has 21 heavy (non-hydrogen) atoms. The quantitative estimate of drug-likeness (QED) is 0.847. The van der Waals surface area contributed by atoms with Gasteiger partial charge in [0, 0.05) is 25.5 Å². The number of pyridine rings is 1. The van der Waals surface area contributed by atoms with Gasteiger partial charge in [0.2, 0.25) is 0 Å². The molecule has 1 N–H and O–H groups in total. The molecule has 112 valence electrons. The lowest BCUT2D eigenvalue weighted by molar-refractivity contribution is 0.141. The van der Waals surface area contributed by atoms with Gasteiger partial charge in [-0.25, -0.2) is 0 Å². The lowest BCUT2D eigenvalue weighted by Crippen LogP contribution is -2.25. The van der Waals surface area contributed by atoms with Crippen LogP contribution in [-0.2, 0) is 6.54 Å². The zero-order chi connectivity index (χ0) is 15.1. The van der Waals surface area contributed by atoms with Crippen LogP contribution in [0, 0.1) is 6.92 Å². The van der Waals surface area contributed by atoms with Crippen molar-refractivity contribution in [3.05, 3.63) is 65.5 Å². The SMILES string of the molecule is CCN(CCC(O)c1ccc(C)cc1)Cc1ccncc1. The Kier molecular flexibility index (Phi) is 5.90. The number of aliphatic hydroxyl groups is 1. The fourth-order valence-corrected chi connectivity index (χ4v) is 2.36. The normalized spacial score (nSPS) is 12.6. The molecule has 0 fully saturated rings. The molecule has 0 radical (unpaired) electrons. The second kappa shape index (κ2) is 7.91. The first-order chi connectivity index (χ1) is 10.2. The molecule has 0 saturated carbocycles. The number of aryl methyl sites for hydroxylation is 1. The molecular formula is C18H24N2O. The Bertz CT molecular complexity index is 525. The Morgan fingerprint density at radius 1 is 1.10 bits per heavy atom. The van der Waals surface area contributed by atoms with Crippen LogP contribution in [0.15, 0.2) is 48.8 Å². The van der Waals surface area contributed by atoms with E-state index >= 15 is 0 Å². The van der Waals surface area contributed by atoms with Crippen molar-refractivity contribution in [3.63, 3.8) is 0 Å². The zero-order valence-corrected chi connectivity index (χ0v) is 12.9. The molecule has 1 aromatic carbocycles. The van der Waals surface area contributed by atoms with Gasteiger partial charge in [0.1, 0.15) is 0 Å². The Hall–Kier alpha value is -1.71. The van der Waals surface area contributed by atoms with Crippen LogP contribution in [0.5, 0.6) is 0 Å². The summed E-state index contributed by atoms with van der Waals surface area (Å²) in [5.41, 5.74) is 3.48. The minimum absolute atomic E-state index is 0.392. The van der Waals surface area contributed by atoms with Gasteiger partial charge in [0.05, 0.1) is 6.10 Å². The van der Waals surface area contributed by atoms with E-state index in [2.05, 4.69) is 23.7 Å². The zero-order valence-electron chi connectivity index (χ0n) is 12.9. The van der Waals surface area contributed by atoms with Crippen molar-refractivity contribution in [2.24, 2.45) is 0 Å². The van der Waals surface area contributed by atoms with Crippen LogP contribution >= 0.6 is 0 Å². The largest absolute Gasteiger partial charge is 0.388 e. The molecule has 0 aliphatic heterocycles. The number of hydrogen-bond donors (Lipinski definition) is 1. The van der Waals surface area contributed by atoms with Gasteiger partial charge < -0.3 is 5.11 Å². The van der Waals surface area contributed by atoms with Crippen LogP contribution in [0.3, 0.4) is 0 Å². The second-order valence-corrected chi connectivity index (χ2v) is 5.44. The summed E-state index contributed by atoms with van der Waals surface area (Å²) in [5.74, 6) is 0. The Balaban J connectivity index is 1.86. The maximum atomic E-state index is 10.3. The third-order valence-corrected chi connectivity index (χ3v) is 3.78. The van der Waals surface area contributed by atoms with Crippen LogP contribution in [-0.4, -0.2) is 28.1 Å². The van der Waals surface area contributed by atoms with E-state index in [0.29, 0.717) is 0 Å². The highest BCUT2D eigenvalue weighted by molar-refractivity contribution is 5.23. The molecule has 1 aromatic heterocycles. The number of hydrogen-bond acceptors (Lipinski definition) is 3. The van der Waals surface area contributed by atoms with Gasteiger partial charge in [-0.2, -0.15) is 0 Å². The van der Waals surface area contributed by atoms with Crippen molar-refractivity contribution in [1.82, 2.24) is 9.88 Å². The van der Waals surface area contributed by atoms with E-state index in [9.17, 15) is 5.11 Å². The van der Waals surface area contributed by atoms with Gasteiger partial charge in [-0.1, -0.05) is 36.8 Å². The topological polar surface area (TPSA) is 36.4 Å². The van der Waals surface area contributed by atoms with Gasteiger partial charge >= 0.3 is 0 Å². The lowest BCUT2D eigenvalue weighted by Gasteiger charge is -2.22. The van der Waals surface area contributed by atoms with Crippen molar-refractivity contribution in [2.45, 2.75) is 32.9 Å². The first-order valence-corrected chi connectivity index (χ1v) is 7.55. The maximum Gasteiger partial charge on any atom is 0.0802 e. The van der Waals surface area contributed by atoms with Gasteiger partial charge in [-0.05, 0) is 43.1 Å². The third-order valence-electron chi connectivity index (χ3n) is 3.78. The van der Waals surface area contributed by atoms with E-state index in [1.54, 1.807) is 0 Å². The van der Waals surface area contributed by atoms with E-state index in [-0.39, 0.29) is 0 Å². The maximum absolute atomic E-state index is 10.3. The van der Waals surface area contributed by atoms with Gasteiger partial charge in [-0.15, -0.1) is 0 Å². The van der Waals surface area contributed by atoms with Crippen molar-refractivity contribution < 1.29 is 5.11 Å². The van der Waals surface area contributed by atoms with Crippen LogP contribution in [0.2, 0.25) is 0 Å². The molecule has 0 aliphatic rings. The summed E-state index contributed by atoms with van der Waals surface area (Å²) in [7, 11) is 0. The molecule has 0 amide bonds. The Morgan fingerprint density at radius 3 is 2.38 bits per heavy atom. The highest BCUT2D eigenvalue weighted by Crippen LogP contribution is 2.18. The van der Waals surface area contributed by atoms with E-state index in [0.717, 1.165) is 31.6 Å². The molecule has 2 aromatic rings. The number of rotatable bonds is 7. The average molecular weight is 284 g/mol. The summed E-state index contributed by atoms with van der Waals surface area (Å²) in [6, 6.07) is 12.2. The summed E-state index contributed by atoms with van der Waals surface area (Å²) in [6.45, 7) is 6.97. The third kappa shape index (κ3) is 4.96. The van der Waals surface area contributed by atoms with Crippen LogP contribution in [0.4, 0.5) is 0 Å². The lowest BCUT2D eigenvalue weighted by atomic mass is 10.0. The summed E-state index contributed by atoms with van der Waals surface area (Å²) < 4.78 is 0. The van der Waals surface area contributed by atoms with Crippen molar-refractivity contribution in [3.8, 4) is 0 Å². The molecule has 3 heteroatoms. The molecule has 2 rings (SSSR count). The van der Waals surface area contributed by atoms with Crippen LogP contribution < -0.4 is 0 Å².